The molecule has 0 saturated heterocycles. The number of benzene rings is 1. The van der Waals surface area contributed by atoms with Gasteiger partial charge in [-0.25, -0.2) is 4.39 Å². The topological polar surface area (TPSA) is 49.3 Å². The van der Waals surface area contributed by atoms with Crippen molar-refractivity contribution in [2.45, 2.75) is 33.2 Å². The molecule has 1 rings (SSSR count). The zero-order valence-corrected chi connectivity index (χ0v) is 12.0. The molecule has 1 aromatic rings. The fraction of sp³-hybridized carbons (Fsp3) is 0.438. The molecule has 0 aromatic heterocycles. The molecule has 2 N–H and O–H groups in total. The number of halogens is 1. The predicted octanol–water partition coefficient (Wildman–Crippen LogP) is 2.33. The van der Waals surface area contributed by atoms with Gasteiger partial charge in [0.25, 0.3) is 5.91 Å². The molecule has 0 spiro atoms. The zero-order chi connectivity index (χ0) is 15.1. The molecule has 20 heavy (non-hydrogen) atoms. The van der Waals surface area contributed by atoms with Crippen LogP contribution in [0.5, 0.6) is 0 Å². The Morgan fingerprint density at radius 2 is 2.15 bits per heavy atom. The number of rotatable bonds is 4. The molecule has 1 aromatic carbocycles. The number of carbonyl (C=O) groups is 1. The van der Waals surface area contributed by atoms with Crippen LogP contribution in [0.2, 0.25) is 0 Å². The number of nitrogens with one attached hydrogen (secondary N) is 1. The summed E-state index contributed by atoms with van der Waals surface area (Å²) in [5.74, 6) is 4.35. The highest BCUT2D eigenvalue weighted by atomic mass is 19.1. The van der Waals surface area contributed by atoms with Gasteiger partial charge < -0.3 is 10.4 Å². The standard InChI is InChI=1S/C16H20FNO2/c1-4-15(11(2)3)18-16(20)13-8-7-12(6-5-9-19)14(17)10-13/h7-8,10-11,15,19H,4,9H2,1-3H3,(H,18,20). The summed E-state index contributed by atoms with van der Waals surface area (Å²) in [5, 5.41) is 11.5. The first-order valence-corrected chi connectivity index (χ1v) is 6.69. The molecule has 1 atom stereocenters. The van der Waals surface area contributed by atoms with Crippen molar-refractivity contribution in [1.82, 2.24) is 5.32 Å². The fourth-order valence-electron chi connectivity index (χ4n) is 1.88. The van der Waals surface area contributed by atoms with Crippen LogP contribution in [0.15, 0.2) is 18.2 Å². The fourth-order valence-corrected chi connectivity index (χ4v) is 1.88. The van der Waals surface area contributed by atoms with E-state index in [0.717, 1.165) is 6.42 Å². The highest BCUT2D eigenvalue weighted by Gasteiger charge is 2.16. The van der Waals surface area contributed by atoms with Crippen LogP contribution in [-0.2, 0) is 0 Å². The van der Waals surface area contributed by atoms with Crippen LogP contribution in [0.4, 0.5) is 4.39 Å². The van der Waals surface area contributed by atoms with Crippen molar-refractivity contribution in [2.24, 2.45) is 5.92 Å². The lowest BCUT2D eigenvalue weighted by Crippen LogP contribution is -2.38. The maximum Gasteiger partial charge on any atom is 0.251 e. The third kappa shape index (κ3) is 4.36. The average Bonchev–Trinajstić information content (AvgIpc) is 2.42. The lowest BCUT2D eigenvalue weighted by atomic mass is 10.0. The second-order valence-electron chi connectivity index (χ2n) is 4.89. The zero-order valence-electron chi connectivity index (χ0n) is 12.0. The van der Waals surface area contributed by atoms with Crippen molar-refractivity contribution in [2.75, 3.05) is 6.61 Å². The number of amides is 1. The number of aliphatic hydroxyl groups is 1. The van der Waals surface area contributed by atoms with Crippen LogP contribution in [-0.4, -0.2) is 23.7 Å². The molecule has 1 unspecified atom stereocenters. The molecule has 0 aliphatic rings. The lowest BCUT2D eigenvalue weighted by Gasteiger charge is -2.20. The summed E-state index contributed by atoms with van der Waals surface area (Å²) in [6.45, 7) is 5.73. The molecule has 0 aliphatic carbocycles. The third-order valence-electron chi connectivity index (χ3n) is 3.09. The number of hydrogen-bond donors (Lipinski definition) is 2. The van der Waals surface area contributed by atoms with E-state index in [2.05, 4.69) is 17.2 Å². The van der Waals surface area contributed by atoms with E-state index in [9.17, 15) is 9.18 Å². The first-order chi connectivity index (χ1) is 9.49. The molecular weight excluding hydrogens is 257 g/mol. The van der Waals surface area contributed by atoms with Gasteiger partial charge in [-0.05, 0) is 30.5 Å². The molecule has 0 bridgehead atoms. The Bertz CT molecular complexity index is 529. The minimum atomic E-state index is -0.559. The summed E-state index contributed by atoms with van der Waals surface area (Å²) in [6.07, 6.45) is 0.825. The molecular formula is C16H20FNO2. The summed E-state index contributed by atoms with van der Waals surface area (Å²) in [7, 11) is 0. The summed E-state index contributed by atoms with van der Waals surface area (Å²) >= 11 is 0. The first-order valence-electron chi connectivity index (χ1n) is 6.69. The van der Waals surface area contributed by atoms with Gasteiger partial charge in [0.2, 0.25) is 0 Å². The summed E-state index contributed by atoms with van der Waals surface area (Å²) < 4.78 is 13.7. The van der Waals surface area contributed by atoms with Gasteiger partial charge in [0, 0.05) is 11.6 Å². The lowest BCUT2D eigenvalue weighted by molar-refractivity contribution is 0.0924. The smallest absolute Gasteiger partial charge is 0.251 e. The van der Waals surface area contributed by atoms with Crippen molar-refractivity contribution >= 4 is 5.91 Å². The average molecular weight is 277 g/mol. The van der Waals surface area contributed by atoms with Gasteiger partial charge in [-0.1, -0.05) is 32.6 Å². The van der Waals surface area contributed by atoms with Gasteiger partial charge in [-0.15, -0.1) is 0 Å². The predicted molar refractivity (Wildman–Crippen MR) is 76.7 cm³/mol. The minimum absolute atomic E-state index is 0.0689. The van der Waals surface area contributed by atoms with Crippen LogP contribution in [0, 0.1) is 23.6 Å². The number of hydrogen-bond acceptors (Lipinski definition) is 2. The van der Waals surface area contributed by atoms with E-state index >= 15 is 0 Å². The van der Waals surface area contributed by atoms with Crippen molar-refractivity contribution in [3.05, 3.63) is 35.1 Å². The Morgan fingerprint density at radius 1 is 1.45 bits per heavy atom. The molecule has 0 heterocycles. The Kier molecular flexibility index (Phi) is 6.20. The maximum absolute atomic E-state index is 13.7. The monoisotopic (exact) mass is 277 g/mol. The molecule has 0 saturated carbocycles. The van der Waals surface area contributed by atoms with E-state index in [0.29, 0.717) is 5.92 Å². The minimum Gasteiger partial charge on any atom is -0.384 e. The maximum atomic E-state index is 13.7. The van der Waals surface area contributed by atoms with E-state index in [4.69, 9.17) is 5.11 Å². The van der Waals surface area contributed by atoms with Crippen LogP contribution < -0.4 is 5.32 Å². The molecule has 4 heteroatoms. The van der Waals surface area contributed by atoms with Gasteiger partial charge >= 0.3 is 0 Å². The SMILES string of the molecule is CCC(NC(=O)c1ccc(C#CCO)c(F)c1)C(C)C. The second-order valence-corrected chi connectivity index (χ2v) is 4.89. The van der Waals surface area contributed by atoms with E-state index in [-0.39, 0.29) is 29.7 Å². The first kappa shape index (κ1) is 16.2. The molecule has 0 aliphatic heterocycles. The molecule has 0 fully saturated rings. The van der Waals surface area contributed by atoms with Gasteiger partial charge in [-0.2, -0.15) is 0 Å². The van der Waals surface area contributed by atoms with Crippen LogP contribution in [0.25, 0.3) is 0 Å². The van der Waals surface area contributed by atoms with Crippen molar-refractivity contribution in [1.29, 1.82) is 0 Å². The van der Waals surface area contributed by atoms with Crippen LogP contribution in [0.1, 0.15) is 43.1 Å². The van der Waals surface area contributed by atoms with Gasteiger partial charge in [0.05, 0.1) is 5.56 Å². The quantitative estimate of drug-likeness (QED) is 0.830. The molecule has 0 radical (unpaired) electrons. The largest absolute Gasteiger partial charge is 0.384 e. The third-order valence-corrected chi connectivity index (χ3v) is 3.09. The Labute approximate surface area is 119 Å². The Balaban J connectivity index is 2.87. The van der Waals surface area contributed by atoms with Crippen LogP contribution >= 0.6 is 0 Å². The van der Waals surface area contributed by atoms with E-state index < -0.39 is 5.82 Å². The second kappa shape index (κ2) is 7.66. The highest BCUT2D eigenvalue weighted by Crippen LogP contribution is 2.11. The Morgan fingerprint density at radius 3 is 2.65 bits per heavy atom. The van der Waals surface area contributed by atoms with E-state index in [1.165, 1.54) is 18.2 Å². The Hall–Kier alpha value is -1.86. The number of aliphatic hydroxyl groups excluding tert-OH is 1. The van der Waals surface area contributed by atoms with E-state index in [1.807, 2.05) is 20.8 Å². The molecule has 108 valence electrons. The van der Waals surface area contributed by atoms with Gasteiger partial charge in [0.1, 0.15) is 12.4 Å². The van der Waals surface area contributed by atoms with Gasteiger partial charge in [-0.3, -0.25) is 4.79 Å². The normalized spacial score (nSPS) is 11.7. The summed E-state index contributed by atoms with van der Waals surface area (Å²) in [6, 6.07) is 4.22. The summed E-state index contributed by atoms with van der Waals surface area (Å²) in [4.78, 5) is 12.0. The van der Waals surface area contributed by atoms with E-state index in [1.54, 1.807) is 0 Å². The number of carbonyl (C=O) groups excluding carboxylic acids is 1. The van der Waals surface area contributed by atoms with Gasteiger partial charge in [0.15, 0.2) is 0 Å². The summed E-state index contributed by atoms with van der Waals surface area (Å²) in [5.41, 5.74) is 0.447. The van der Waals surface area contributed by atoms with Crippen LogP contribution in [0.3, 0.4) is 0 Å². The highest BCUT2D eigenvalue weighted by molar-refractivity contribution is 5.94. The molecule has 1 amide bonds. The van der Waals surface area contributed by atoms with Crippen molar-refractivity contribution < 1.29 is 14.3 Å². The van der Waals surface area contributed by atoms with Crippen molar-refractivity contribution in [3.8, 4) is 11.8 Å². The van der Waals surface area contributed by atoms with Crippen molar-refractivity contribution in [3.63, 3.8) is 0 Å². The molecule has 3 nitrogen and oxygen atoms in total.